The lowest BCUT2D eigenvalue weighted by Crippen LogP contribution is -2.50. The van der Waals surface area contributed by atoms with Gasteiger partial charge in [-0.15, -0.1) is 11.3 Å². The Morgan fingerprint density at radius 2 is 2.25 bits per heavy atom. The first kappa shape index (κ1) is 12.9. The van der Waals surface area contributed by atoms with Gasteiger partial charge in [0.1, 0.15) is 6.04 Å². The van der Waals surface area contributed by atoms with Gasteiger partial charge in [-0.3, -0.25) is 4.79 Å². The second-order valence-electron chi connectivity index (χ2n) is 3.23. The molecule has 1 heterocycles. The van der Waals surface area contributed by atoms with Crippen molar-refractivity contribution in [3.05, 3.63) is 11.1 Å². The number of rotatable bonds is 4. The molecule has 1 atom stereocenters. The molecule has 0 aliphatic rings. The van der Waals surface area contributed by atoms with Crippen LogP contribution in [0.4, 0.5) is 5.13 Å². The molecule has 1 amide bonds. The minimum atomic E-state index is -3.56. The zero-order chi connectivity index (χ0) is 12.3. The van der Waals surface area contributed by atoms with Crippen LogP contribution in [0.15, 0.2) is 5.38 Å². The van der Waals surface area contributed by atoms with E-state index in [0.29, 0.717) is 0 Å². The Morgan fingerprint density at radius 3 is 2.69 bits per heavy atom. The van der Waals surface area contributed by atoms with Crippen molar-refractivity contribution >= 4 is 29.1 Å². The van der Waals surface area contributed by atoms with E-state index in [2.05, 4.69) is 10.3 Å². The summed E-state index contributed by atoms with van der Waals surface area (Å²) in [5, 5.41) is 29.7. The number of hydrogen-bond donors (Lipinski definition) is 6. The Balaban J connectivity index is 2.55. The van der Waals surface area contributed by atoms with E-state index in [1.165, 1.54) is 5.38 Å². The highest BCUT2D eigenvalue weighted by Gasteiger charge is 2.22. The molecular weight excluding hydrogens is 235 g/mol. The molecule has 0 aromatic carbocycles. The van der Waals surface area contributed by atoms with Gasteiger partial charge in [-0.2, -0.15) is 0 Å². The van der Waals surface area contributed by atoms with Gasteiger partial charge in [0.25, 0.3) is 0 Å². The minimum Gasteiger partial charge on any atom is -0.559 e. The molecule has 1 aromatic rings. The number of nitrogens with one attached hydrogen (secondary N) is 1. The summed E-state index contributed by atoms with van der Waals surface area (Å²) in [6, 6.07) is -1.06. The lowest BCUT2D eigenvalue weighted by molar-refractivity contribution is -0.122. The summed E-state index contributed by atoms with van der Waals surface area (Å²) < 4.78 is 0. The Hall–Kier alpha value is -1.20. The van der Waals surface area contributed by atoms with E-state index in [1.807, 2.05) is 0 Å². The number of carbonyl (C=O) groups excluding carboxylic acids is 1. The van der Waals surface area contributed by atoms with Crippen LogP contribution in [-0.2, 0) is 4.79 Å². The van der Waals surface area contributed by atoms with Crippen LogP contribution in [0.1, 0.15) is 11.7 Å². The molecular formula is C6H12BN4O4S-. The van der Waals surface area contributed by atoms with Crippen molar-refractivity contribution in [3.8, 4) is 0 Å². The molecule has 0 fully saturated rings. The van der Waals surface area contributed by atoms with E-state index in [0.717, 1.165) is 11.3 Å². The Morgan fingerprint density at radius 1 is 1.62 bits per heavy atom. The number of nitrogens with two attached hydrogens (primary N) is 2. The summed E-state index contributed by atoms with van der Waals surface area (Å²) in [6.45, 7) is -3.56. The van der Waals surface area contributed by atoms with Crippen LogP contribution in [0, 0.1) is 0 Å². The highest BCUT2D eigenvalue weighted by Crippen LogP contribution is 2.16. The molecule has 8 nitrogen and oxygen atoms in total. The number of thiazole rings is 1. The summed E-state index contributed by atoms with van der Waals surface area (Å²) >= 11 is 1.14. The zero-order valence-electron chi connectivity index (χ0n) is 8.20. The summed E-state index contributed by atoms with van der Waals surface area (Å²) in [4.78, 5) is 15.2. The van der Waals surface area contributed by atoms with Crippen molar-refractivity contribution in [3.63, 3.8) is 0 Å². The monoisotopic (exact) mass is 247 g/mol. The highest BCUT2D eigenvalue weighted by molar-refractivity contribution is 7.13. The fourth-order valence-electron chi connectivity index (χ4n) is 0.925. The molecule has 0 spiro atoms. The Kier molecular flexibility index (Phi) is 3.83. The lowest BCUT2D eigenvalue weighted by Gasteiger charge is -2.21. The zero-order valence-corrected chi connectivity index (χ0v) is 9.02. The van der Waals surface area contributed by atoms with Crippen molar-refractivity contribution in [2.24, 2.45) is 5.73 Å². The van der Waals surface area contributed by atoms with E-state index in [9.17, 15) is 4.79 Å². The number of nitrogen functional groups attached to an aromatic ring is 1. The summed E-state index contributed by atoms with van der Waals surface area (Å²) in [5.74, 6) is -0.686. The van der Waals surface area contributed by atoms with E-state index in [-0.39, 0.29) is 10.8 Å². The SMILES string of the molecule is Nc1nc(C(N)C(=O)NC[B-](O)(O)O)cs1. The quantitative estimate of drug-likeness (QED) is 0.316. The van der Waals surface area contributed by atoms with E-state index < -0.39 is 25.1 Å². The van der Waals surface area contributed by atoms with Crippen LogP contribution in [0.25, 0.3) is 0 Å². The van der Waals surface area contributed by atoms with Crippen LogP contribution in [-0.4, -0.2) is 39.2 Å². The van der Waals surface area contributed by atoms with Crippen molar-refractivity contribution in [1.29, 1.82) is 0 Å². The Labute approximate surface area is 94.9 Å². The van der Waals surface area contributed by atoms with Gasteiger partial charge in [0, 0.05) is 5.38 Å². The largest absolute Gasteiger partial charge is 0.559 e. The second-order valence-corrected chi connectivity index (χ2v) is 4.12. The number of carbonyl (C=O) groups is 1. The number of aromatic nitrogens is 1. The first-order valence-corrected chi connectivity index (χ1v) is 5.25. The van der Waals surface area contributed by atoms with Crippen molar-refractivity contribution in [1.82, 2.24) is 10.3 Å². The average Bonchev–Trinajstić information content (AvgIpc) is 2.59. The maximum atomic E-state index is 11.4. The van der Waals surface area contributed by atoms with Gasteiger partial charge in [-0.25, -0.2) is 4.98 Å². The van der Waals surface area contributed by atoms with E-state index in [4.69, 9.17) is 26.5 Å². The molecule has 0 bridgehead atoms. The maximum absolute atomic E-state index is 11.4. The fourth-order valence-corrected chi connectivity index (χ4v) is 1.52. The predicted molar refractivity (Wildman–Crippen MR) is 58.9 cm³/mol. The molecule has 90 valence electrons. The summed E-state index contributed by atoms with van der Waals surface area (Å²) in [6.07, 6.45) is -0.688. The van der Waals surface area contributed by atoms with Gasteiger partial charge in [0.05, 0.1) is 5.69 Å². The molecule has 10 heteroatoms. The van der Waals surface area contributed by atoms with Gasteiger partial charge in [-0.1, -0.05) is 0 Å². The fraction of sp³-hybridized carbons (Fsp3) is 0.333. The Bertz CT molecular complexity index is 379. The van der Waals surface area contributed by atoms with Gasteiger partial charge in [0.15, 0.2) is 5.13 Å². The lowest BCUT2D eigenvalue weighted by atomic mass is 9.81. The first-order valence-electron chi connectivity index (χ1n) is 4.37. The topological polar surface area (TPSA) is 155 Å². The van der Waals surface area contributed by atoms with Crippen LogP contribution in [0.3, 0.4) is 0 Å². The third-order valence-electron chi connectivity index (χ3n) is 1.69. The number of nitrogens with zero attached hydrogens (tertiary/aromatic N) is 1. The third-order valence-corrected chi connectivity index (χ3v) is 2.38. The number of amides is 1. The average molecular weight is 247 g/mol. The maximum Gasteiger partial charge on any atom is 0.390 e. The van der Waals surface area contributed by atoms with Gasteiger partial charge in [-0.05, 0) is 6.44 Å². The summed E-state index contributed by atoms with van der Waals surface area (Å²) in [5.41, 5.74) is 11.2. The molecule has 0 aliphatic carbocycles. The molecule has 0 aliphatic heterocycles. The van der Waals surface area contributed by atoms with Crippen LogP contribution < -0.4 is 16.8 Å². The molecule has 1 rings (SSSR count). The predicted octanol–water partition coefficient (Wildman–Crippen LogP) is -2.70. The van der Waals surface area contributed by atoms with Gasteiger partial charge in [0.2, 0.25) is 5.91 Å². The van der Waals surface area contributed by atoms with Gasteiger partial charge >= 0.3 is 6.75 Å². The van der Waals surface area contributed by atoms with Crippen molar-refractivity contribution in [2.45, 2.75) is 6.04 Å². The molecule has 0 radical (unpaired) electrons. The van der Waals surface area contributed by atoms with Gasteiger partial charge < -0.3 is 31.9 Å². The molecule has 0 saturated heterocycles. The normalized spacial score (nSPS) is 13.5. The number of anilines is 1. The van der Waals surface area contributed by atoms with Crippen LogP contribution >= 0.6 is 11.3 Å². The first-order chi connectivity index (χ1) is 7.29. The standard InChI is InChI=1S/C6H12BN4O4S/c8-4(3-1-16-6(9)11-3)5(12)10-2-7(13,14)15/h1,4,13-15H,2,8H2,(H2,9,11)(H,10,12)/q-1. The molecule has 1 unspecified atom stereocenters. The third kappa shape index (κ3) is 3.75. The highest BCUT2D eigenvalue weighted by atomic mass is 32.1. The van der Waals surface area contributed by atoms with Crippen molar-refractivity contribution in [2.75, 3.05) is 12.2 Å². The second kappa shape index (κ2) is 4.76. The van der Waals surface area contributed by atoms with Crippen LogP contribution in [0.2, 0.25) is 0 Å². The molecule has 1 aromatic heterocycles. The minimum absolute atomic E-state index is 0.281. The van der Waals surface area contributed by atoms with E-state index >= 15 is 0 Å². The smallest absolute Gasteiger partial charge is 0.390 e. The van der Waals surface area contributed by atoms with E-state index in [1.54, 1.807) is 0 Å². The number of hydrogen-bond acceptors (Lipinski definition) is 8. The van der Waals surface area contributed by atoms with Crippen molar-refractivity contribution < 1.29 is 19.9 Å². The molecule has 0 saturated carbocycles. The van der Waals surface area contributed by atoms with Crippen LogP contribution in [0.5, 0.6) is 0 Å². The molecule has 8 N–H and O–H groups in total. The summed E-state index contributed by atoms with van der Waals surface area (Å²) in [7, 11) is 0. The molecule has 16 heavy (non-hydrogen) atoms.